The van der Waals surface area contributed by atoms with Gasteiger partial charge in [-0.25, -0.2) is 0 Å². The first-order valence-electron chi connectivity index (χ1n) is 8.41. The predicted octanol–water partition coefficient (Wildman–Crippen LogP) is 4.32. The zero-order valence-corrected chi connectivity index (χ0v) is 15.0. The summed E-state index contributed by atoms with van der Waals surface area (Å²) in [6.07, 6.45) is 6.71. The van der Waals surface area contributed by atoms with E-state index >= 15 is 0 Å². The maximum Gasteiger partial charge on any atom is 0.144 e. The SMILES string of the molecule is CC(C)(C)[S@@+]([O-])/N=C1\c2cccc(C#N)c2CC12CCCCC2. The van der Waals surface area contributed by atoms with Gasteiger partial charge in [-0.1, -0.05) is 35.8 Å². The molecule has 122 valence electrons. The van der Waals surface area contributed by atoms with Gasteiger partial charge in [0.1, 0.15) is 21.8 Å². The van der Waals surface area contributed by atoms with Gasteiger partial charge in [0.25, 0.3) is 0 Å². The summed E-state index contributed by atoms with van der Waals surface area (Å²) in [5, 5.41) is 9.44. The molecule has 0 aromatic heterocycles. The Labute approximate surface area is 142 Å². The van der Waals surface area contributed by atoms with Gasteiger partial charge < -0.3 is 4.55 Å². The fourth-order valence-electron chi connectivity index (χ4n) is 3.82. The monoisotopic (exact) mass is 328 g/mol. The van der Waals surface area contributed by atoms with Crippen LogP contribution in [-0.2, 0) is 17.8 Å². The molecule has 1 fully saturated rings. The molecule has 0 radical (unpaired) electrons. The Morgan fingerprint density at radius 3 is 2.52 bits per heavy atom. The van der Waals surface area contributed by atoms with E-state index in [1.807, 2.05) is 32.9 Å². The van der Waals surface area contributed by atoms with Crippen molar-refractivity contribution in [3.8, 4) is 6.07 Å². The van der Waals surface area contributed by atoms with Gasteiger partial charge in [0.2, 0.25) is 0 Å². The lowest BCUT2D eigenvalue weighted by molar-refractivity contribution is 0.291. The molecule has 1 aromatic carbocycles. The van der Waals surface area contributed by atoms with E-state index in [-0.39, 0.29) is 10.2 Å². The highest BCUT2D eigenvalue weighted by Gasteiger charge is 2.47. The average molecular weight is 328 g/mol. The molecule has 0 saturated heterocycles. The van der Waals surface area contributed by atoms with E-state index in [4.69, 9.17) is 4.40 Å². The first kappa shape index (κ1) is 16.5. The largest absolute Gasteiger partial charge is 0.591 e. The molecule has 3 rings (SSSR count). The van der Waals surface area contributed by atoms with Crippen molar-refractivity contribution in [2.75, 3.05) is 0 Å². The number of hydrogen-bond donors (Lipinski definition) is 0. The van der Waals surface area contributed by atoms with Crippen molar-refractivity contribution in [1.29, 1.82) is 5.26 Å². The van der Waals surface area contributed by atoms with Crippen LogP contribution in [0.25, 0.3) is 0 Å². The zero-order valence-electron chi connectivity index (χ0n) is 14.2. The molecule has 1 atom stereocenters. The standard InChI is InChI=1S/C19H24N2OS/c1-18(2,3)23(22)21-17-15-9-7-8-14(13-20)16(15)12-19(17)10-5-4-6-11-19/h7-9H,4-6,10-12H2,1-3H3/b21-17+/t23-/m1/s1. The minimum Gasteiger partial charge on any atom is -0.591 e. The molecule has 1 aromatic rings. The Morgan fingerprint density at radius 2 is 1.91 bits per heavy atom. The van der Waals surface area contributed by atoms with E-state index in [1.165, 1.54) is 19.3 Å². The van der Waals surface area contributed by atoms with E-state index < -0.39 is 11.4 Å². The van der Waals surface area contributed by atoms with Crippen LogP contribution in [0.3, 0.4) is 0 Å². The van der Waals surface area contributed by atoms with Crippen molar-refractivity contribution in [3.05, 3.63) is 34.9 Å². The lowest BCUT2D eigenvalue weighted by Gasteiger charge is -2.34. The molecule has 0 heterocycles. The topological polar surface area (TPSA) is 59.2 Å². The molecule has 1 saturated carbocycles. The highest BCUT2D eigenvalue weighted by Crippen LogP contribution is 2.49. The molecule has 0 bridgehead atoms. The van der Waals surface area contributed by atoms with Gasteiger partial charge in [0, 0.05) is 11.0 Å². The molecule has 3 nitrogen and oxygen atoms in total. The average Bonchev–Trinajstić information content (AvgIpc) is 2.80. The van der Waals surface area contributed by atoms with Crippen molar-refractivity contribution < 1.29 is 4.55 Å². The fraction of sp³-hybridized carbons (Fsp3) is 0.579. The third kappa shape index (κ3) is 2.93. The van der Waals surface area contributed by atoms with Gasteiger partial charge in [-0.2, -0.15) is 5.26 Å². The van der Waals surface area contributed by atoms with Gasteiger partial charge in [-0.3, -0.25) is 0 Å². The van der Waals surface area contributed by atoms with Crippen LogP contribution in [0.5, 0.6) is 0 Å². The van der Waals surface area contributed by atoms with Crippen molar-refractivity contribution in [1.82, 2.24) is 0 Å². The van der Waals surface area contributed by atoms with E-state index in [0.29, 0.717) is 0 Å². The second-order valence-corrected chi connectivity index (χ2v) is 9.67. The third-order valence-corrected chi connectivity index (χ3v) is 6.47. The van der Waals surface area contributed by atoms with Crippen LogP contribution < -0.4 is 0 Å². The van der Waals surface area contributed by atoms with E-state index in [0.717, 1.165) is 41.7 Å². The summed E-state index contributed by atoms with van der Waals surface area (Å²) in [6, 6.07) is 8.19. The number of rotatable bonds is 1. The summed E-state index contributed by atoms with van der Waals surface area (Å²) in [6.45, 7) is 5.88. The molecule has 4 heteroatoms. The normalized spacial score (nSPS) is 22.8. The smallest absolute Gasteiger partial charge is 0.144 e. The Kier molecular flexibility index (Phi) is 4.29. The van der Waals surface area contributed by atoms with Crippen LogP contribution >= 0.6 is 0 Å². The second-order valence-electron chi connectivity index (χ2n) is 7.76. The summed E-state index contributed by atoms with van der Waals surface area (Å²) in [4.78, 5) is 0. The lowest BCUT2D eigenvalue weighted by atomic mass is 9.71. The molecule has 0 N–H and O–H groups in total. The van der Waals surface area contributed by atoms with Crippen molar-refractivity contribution in [3.63, 3.8) is 0 Å². The highest BCUT2D eigenvalue weighted by molar-refractivity contribution is 7.91. The Morgan fingerprint density at radius 1 is 1.22 bits per heavy atom. The first-order valence-corrected chi connectivity index (χ1v) is 9.52. The summed E-state index contributed by atoms with van der Waals surface area (Å²) in [5.41, 5.74) is 3.91. The zero-order chi connectivity index (χ0) is 16.7. The Balaban J connectivity index is 2.13. The molecule has 23 heavy (non-hydrogen) atoms. The van der Waals surface area contributed by atoms with Crippen molar-refractivity contribution in [2.45, 2.75) is 64.0 Å². The van der Waals surface area contributed by atoms with Crippen LogP contribution in [0.2, 0.25) is 0 Å². The fourth-order valence-corrected chi connectivity index (χ4v) is 4.55. The second kappa shape index (κ2) is 5.96. The highest BCUT2D eigenvalue weighted by atomic mass is 32.2. The maximum absolute atomic E-state index is 12.7. The number of nitriles is 1. The number of nitrogens with zero attached hydrogens (tertiary/aromatic N) is 2. The third-order valence-electron chi connectivity index (χ3n) is 5.08. The number of benzene rings is 1. The van der Waals surface area contributed by atoms with Crippen LogP contribution in [-0.4, -0.2) is 15.0 Å². The maximum atomic E-state index is 12.7. The summed E-state index contributed by atoms with van der Waals surface area (Å²) < 4.78 is 17.0. The minimum atomic E-state index is -1.27. The Hall–Kier alpha value is -1.31. The number of hydrogen-bond acceptors (Lipinski definition) is 3. The molecule has 0 amide bonds. The molecule has 2 aliphatic carbocycles. The van der Waals surface area contributed by atoms with Gasteiger partial charge >= 0.3 is 0 Å². The van der Waals surface area contributed by atoms with Crippen LogP contribution in [0.4, 0.5) is 0 Å². The molecule has 2 aliphatic rings. The Bertz CT molecular complexity index is 676. The van der Waals surface area contributed by atoms with Crippen LogP contribution in [0.1, 0.15) is 69.6 Å². The van der Waals surface area contributed by atoms with Crippen molar-refractivity contribution >= 4 is 17.1 Å². The van der Waals surface area contributed by atoms with Gasteiger partial charge in [-0.15, -0.1) is 0 Å². The lowest BCUT2D eigenvalue weighted by Crippen LogP contribution is -2.34. The molecular formula is C19H24N2OS. The molecule has 0 aliphatic heterocycles. The molecule has 1 spiro atoms. The minimum absolute atomic E-state index is 0.00551. The number of fused-ring (bicyclic) bond motifs is 1. The first-order chi connectivity index (χ1) is 10.9. The van der Waals surface area contributed by atoms with E-state index in [9.17, 15) is 9.81 Å². The predicted molar refractivity (Wildman–Crippen MR) is 94.8 cm³/mol. The summed E-state index contributed by atoms with van der Waals surface area (Å²) in [5.74, 6) is 0. The summed E-state index contributed by atoms with van der Waals surface area (Å²) >= 11 is -1.27. The summed E-state index contributed by atoms with van der Waals surface area (Å²) in [7, 11) is 0. The van der Waals surface area contributed by atoms with E-state index in [2.05, 4.69) is 12.1 Å². The quantitative estimate of drug-likeness (QED) is 0.721. The molecular weight excluding hydrogens is 304 g/mol. The van der Waals surface area contributed by atoms with Crippen LogP contribution in [0, 0.1) is 16.7 Å². The van der Waals surface area contributed by atoms with Gasteiger partial charge in [-0.05, 0) is 51.7 Å². The van der Waals surface area contributed by atoms with E-state index in [1.54, 1.807) is 0 Å². The van der Waals surface area contributed by atoms with Gasteiger partial charge in [0.15, 0.2) is 0 Å². The van der Waals surface area contributed by atoms with Crippen molar-refractivity contribution in [2.24, 2.45) is 9.81 Å². The van der Waals surface area contributed by atoms with Gasteiger partial charge in [0.05, 0.1) is 11.6 Å². The van der Waals surface area contributed by atoms with Crippen LogP contribution in [0.15, 0.2) is 22.6 Å². The molecule has 0 unspecified atom stereocenters.